The van der Waals surface area contributed by atoms with Crippen LogP contribution in [-0.2, 0) is 0 Å². The van der Waals surface area contributed by atoms with Crippen LogP contribution in [0.15, 0.2) is 70.7 Å². The predicted molar refractivity (Wildman–Crippen MR) is 144 cm³/mol. The molecular formula is C27H29N7O3. The Bertz CT molecular complexity index is 1530. The number of aromatic amines is 2. The Morgan fingerprint density at radius 2 is 1.89 bits per heavy atom. The summed E-state index contributed by atoms with van der Waals surface area (Å²) in [5, 5.41) is 12.7. The third-order valence-electron chi connectivity index (χ3n) is 6.08. The summed E-state index contributed by atoms with van der Waals surface area (Å²) in [4.78, 5) is 34.1. The van der Waals surface area contributed by atoms with Gasteiger partial charge in [0.15, 0.2) is 11.4 Å². The molecule has 0 saturated carbocycles. The van der Waals surface area contributed by atoms with Gasteiger partial charge < -0.3 is 20.4 Å². The number of H-pyrrole nitrogens is 2. The number of hydrogen-bond acceptors (Lipinski definition) is 6. The monoisotopic (exact) mass is 499 g/mol. The van der Waals surface area contributed by atoms with Gasteiger partial charge in [0.2, 0.25) is 0 Å². The number of aryl methyl sites for hydroxylation is 1. The average Bonchev–Trinajstić information content (AvgIpc) is 3.43. The summed E-state index contributed by atoms with van der Waals surface area (Å²) < 4.78 is 5.97. The quantitative estimate of drug-likeness (QED) is 0.303. The van der Waals surface area contributed by atoms with E-state index in [0.717, 1.165) is 17.0 Å². The van der Waals surface area contributed by atoms with Gasteiger partial charge in [0.25, 0.3) is 0 Å². The first-order chi connectivity index (χ1) is 17.7. The van der Waals surface area contributed by atoms with E-state index in [0.29, 0.717) is 34.8 Å². The van der Waals surface area contributed by atoms with Crippen molar-refractivity contribution in [1.29, 1.82) is 0 Å². The highest BCUT2D eigenvalue weighted by molar-refractivity contribution is 5.95. The van der Waals surface area contributed by atoms with Gasteiger partial charge >= 0.3 is 11.7 Å². The van der Waals surface area contributed by atoms with Crippen LogP contribution in [0.3, 0.4) is 0 Å². The molecule has 4 aromatic rings. The third kappa shape index (κ3) is 5.32. The van der Waals surface area contributed by atoms with E-state index < -0.39 is 0 Å². The number of hydrogen-bond donors (Lipinski definition) is 4. The first-order valence-corrected chi connectivity index (χ1v) is 12.0. The maximum atomic E-state index is 13.0. The third-order valence-corrected chi connectivity index (χ3v) is 6.08. The lowest BCUT2D eigenvalue weighted by Crippen LogP contribution is -2.45. The van der Waals surface area contributed by atoms with Gasteiger partial charge in [-0.1, -0.05) is 44.5 Å². The molecule has 0 aliphatic carbocycles. The molecule has 1 atom stereocenters. The molecule has 2 aromatic heterocycles. The van der Waals surface area contributed by atoms with Crippen LogP contribution in [0, 0.1) is 12.3 Å². The second kappa shape index (κ2) is 9.45. The van der Waals surface area contributed by atoms with E-state index in [1.165, 1.54) is 0 Å². The van der Waals surface area contributed by atoms with Crippen LogP contribution in [0.4, 0.5) is 16.2 Å². The van der Waals surface area contributed by atoms with Gasteiger partial charge in [-0.05, 0) is 31.2 Å². The number of amides is 2. The summed E-state index contributed by atoms with van der Waals surface area (Å²) >= 11 is 0. The van der Waals surface area contributed by atoms with Crippen LogP contribution in [-0.4, -0.2) is 32.9 Å². The fraction of sp³-hybridized carbons (Fsp3) is 0.259. The Kier molecular flexibility index (Phi) is 6.16. The lowest BCUT2D eigenvalue weighted by Gasteiger charge is -2.25. The van der Waals surface area contributed by atoms with E-state index in [9.17, 15) is 9.59 Å². The number of rotatable bonds is 5. The molecule has 1 unspecified atom stereocenters. The van der Waals surface area contributed by atoms with E-state index in [4.69, 9.17) is 9.84 Å². The molecule has 4 N–H and O–H groups in total. The number of aromatic nitrogens is 3. The Hall–Kier alpha value is -4.60. The van der Waals surface area contributed by atoms with Crippen LogP contribution < -0.4 is 26.1 Å². The first-order valence-electron chi connectivity index (χ1n) is 12.0. The van der Waals surface area contributed by atoms with Gasteiger partial charge in [-0.15, -0.1) is 0 Å². The number of anilines is 2. The van der Waals surface area contributed by atoms with Crippen molar-refractivity contribution in [2.45, 2.75) is 40.3 Å². The zero-order valence-corrected chi connectivity index (χ0v) is 21.1. The summed E-state index contributed by atoms with van der Waals surface area (Å²) in [6.45, 7) is 8.39. The minimum atomic E-state index is -0.365. The number of fused-ring (bicyclic) bond motifs is 1. The Morgan fingerprint density at radius 3 is 2.65 bits per heavy atom. The Labute approximate surface area is 213 Å². The molecule has 190 valence electrons. The van der Waals surface area contributed by atoms with Crippen LogP contribution in [0.1, 0.15) is 32.8 Å². The van der Waals surface area contributed by atoms with Gasteiger partial charge in [0.1, 0.15) is 17.4 Å². The van der Waals surface area contributed by atoms with E-state index in [1.807, 2.05) is 36.2 Å². The fourth-order valence-corrected chi connectivity index (χ4v) is 4.09. The minimum absolute atomic E-state index is 0.121. The number of urea groups is 1. The van der Waals surface area contributed by atoms with Gasteiger partial charge in [0, 0.05) is 41.6 Å². The summed E-state index contributed by atoms with van der Waals surface area (Å²) in [7, 11) is 0. The van der Waals surface area contributed by atoms with Crippen molar-refractivity contribution in [2.75, 3.05) is 10.3 Å². The molecule has 0 fully saturated rings. The zero-order valence-electron chi connectivity index (χ0n) is 21.1. The fourth-order valence-electron chi connectivity index (χ4n) is 4.09. The number of carbonyl (C=O) groups excluding carboxylic acids is 1. The maximum Gasteiger partial charge on any atom is 0.325 e. The van der Waals surface area contributed by atoms with E-state index in [2.05, 4.69) is 46.4 Å². The standard InChI is InChI=1S/C27H29N7O3/c1-16-8-10-18(11-9-16)34-22(15-21(33-34)27(2,3)4)30-25(35)29-17-6-5-7-19(14-17)37-20-12-13-28-24-23(20)31-26(36)32-24/h5-14,22H,15H2,1-4H3,(H2,29,30,35)(H2,28,31,32,36). The smallest absolute Gasteiger partial charge is 0.325 e. The van der Waals surface area contributed by atoms with E-state index in [1.54, 1.807) is 36.5 Å². The molecule has 0 radical (unpaired) electrons. The predicted octanol–water partition coefficient (Wildman–Crippen LogP) is 5.11. The molecule has 5 rings (SSSR count). The molecule has 10 nitrogen and oxygen atoms in total. The second-order valence-electron chi connectivity index (χ2n) is 10.0. The Morgan fingerprint density at radius 1 is 1.11 bits per heavy atom. The molecule has 0 bridgehead atoms. The van der Waals surface area contributed by atoms with Crippen LogP contribution in [0.5, 0.6) is 11.5 Å². The molecule has 0 saturated heterocycles. The van der Waals surface area contributed by atoms with Crippen molar-refractivity contribution in [3.63, 3.8) is 0 Å². The molecule has 10 heteroatoms. The largest absolute Gasteiger partial charge is 0.455 e. The number of carbonyl (C=O) groups is 1. The van der Waals surface area contributed by atoms with Gasteiger partial charge in [0.05, 0.1) is 5.69 Å². The van der Waals surface area contributed by atoms with Crippen molar-refractivity contribution in [1.82, 2.24) is 20.3 Å². The van der Waals surface area contributed by atoms with E-state index >= 15 is 0 Å². The normalized spacial score (nSPS) is 15.5. The lowest BCUT2D eigenvalue weighted by atomic mass is 9.88. The molecule has 2 aromatic carbocycles. The second-order valence-corrected chi connectivity index (χ2v) is 10.0. The van der Waals surface area contributed by atoms with Crippen molar-refractivity contribution in [3.05, 3.63) is 76.8 Å². The van der Waals surface area contributed by atoms with Crippen molar-refractivity contribution < 1.29 is 9.53 Å². The van der Waals surface area contributed by atoms with Gasteiger partial charge in [-0.3, -0.25) is 4.98 Å². The zero-order chi connectivity index (χ0) is 26.2. The van der Waals surface area contributed by atoms with Crippen molar-refractivity contribution in [3.8, 4) is 11.5 Å². The summed E-state index contributed by atoms with van der Waals surface area (Å²) in [6.07, 6.45) is 1.83. The molecular weight excluding hydrogens is 470 g/mol. The molecule has 1 aliphatic heterocycles. The SMILES string of the molecule is Cc1ccc(N2N=C(C(C)(C)C)CC2NC(=O)Nc2cccc(Oc3ccnc4[nH]c(=O)[nH]c34)c2)cc1. The maximum absolute atomic E-state index is 13.0. The van der Waals surface area contributed by atoms with E-state index in [-0.39, 0.29) is 23.3 Å². The van der Waals surface area contributed by atoms with Gasteiger partial charge in [-0.25, -0.2) is 19.6 Å². The number of ether oxygens (including phenoxy) is 1. The summed E-state index contributed by atoms with van der Waals surface area (Å²) in [5.74, 6) is 0.935. The summed E-state index contributed by atoms with van der Waals surface area (Å²) in [6, 6.07) is 16.4. The first kappa shape index (κ1) is 24.1. The minimum Gasteiger partial charge on any atom is -0.455 e. The highest BCUT2D eigenvalue weighted by atomic mass is 16.5. The molecule has 3 heterocycles. The van der Waals surface area contributed by atoms with Crippen LogP contribution in [0.2, 0.25) is 0 Å². The van der Waals surface area contributed by atoms with Crippen LogP contribution >= 0.6 is 0 Å². The molecule has 1 aliphatic rings. The highest BCUT2D eigenvalue weighted by Gasteiger charge is 2.34. The van der Waals surface area contributed by atoms with Crippen LogP contribution in [0.25, 0.3) is 11.2 Å². The lowest BCUT2D eigenvalue weighted by molar-refractivity contribution is 0.248. The average molecular weight is 500 g/mol. The number of benzene rings is 2. The number of nitrogens with one attached hydrogen (secondary N) is 4. The highest BCUT2D eigenvalue weighted by Crippen LogP contribution is 2.31. The Balaban J connectivity index is 1.30. The molecule has 2 amide bonds. The number of hydrazone groups is 1. The molecule has 0 spiro atoms. The number of nitrogens with zero attached hydrogens (tertiary/aromatic N) is 3. The van der Waals surface area contributed by atoms with Crippen molar-refractivity contribution >= 4 is 34.3 Å². The summed E-state index contributed by atoms with van der Waals surface area (Å²) in [5.41, 5.74) is 4.03. The number of imidazole rings is 1. The van der Waals surface area contributed by atoms with Crippen molar-refractivity contribution in [2.24, 2.45) is 10.5 Å². The number of pyridine rings is 1. The van der Waals surface area contributed by atoms with Gasteiger partial charge in [-0.2, -0.15) is 5.10 Å². The topological polar surface area (TPSA) is 128 Å². The molecule has 37 heavy (non-hydrogen) atoms.